The quantitative estimate of drug-likeness (QED) is 0.494. The van der Waals surface area contributed by atoms with E-state index in [4.69, 9.17) is 16.3 Å². The number of amides is 1. The highest BCUT2D eigenvalue weighted by atomic mass is 35.5. The van der Waals surface area contributed by atoms with Crippen molar-refractivity contribution in [2.24, 2.45) is 0 Å². The minimum absolute atomic E-state index is 0.206. The molecular weight excluding hydrogens is 330 g/mol. The number of ether oxygens (including phenoxy) is 1. The molecule has 0 heterocycles. The normalized spacial score (nSPS) is 10.1. The summed E-state index contributed by atoms with van der Waals surface area (Å²) in [5.41, 5.74) is 1.12. The molecule has 6 heteroatoms. The number of esters is 1. The lowest BCUT2D eigenvalue weighted by Crippen LogP contribution is -2.19. The van der Waals surface area contributed by atoms with E-state index in [1.807, 2.05) is 0 Å². The molecule has 0 aliphatic heterocycles. The van der Waals surface area contributed by atoms with E-state index in [0.29, 0.717) is 21.8 Å². The summed E-state index contributed by atoms with van der Waals surface area (Å²) in [5, 5.41) is 3.11. The van der Waals surface area contributed by atoms with E-state index < -0.39 is 18.3 Å². The SMILES string of the molecule is CCOC(=O)CC(=O)Nc1ccccc1C(=O)c1ccc(Cl)cc1. The van der Waals surface area contributed by atoms with Crippen LogP contribution in [0.15, 0.2) is 48.5 Å². The summed E-state index contributed by atoms with van der Waals surface area (Å²) in [4.78, 5) is 35.9. The molecule has 0 saturated heterocycles. The lowest BCUT2D eigenvalue weighted by molar-refractivity contribution is -0.145. The van der Waals surface area contributed by atoms with Gasteiger partial charge < -0.3 is 10.1 Å². The van der Waals surface area contributed by atoms with Crippen molar-refractivity contribution >= 4 is 34.9 Å². The molecule has 2 aromatic carbocycles. The van der Waals surface area contributed by atoms with Crippen LogP contribution in [0.3, 0.4) is 0 Å². The monoisotopic (exact) mass is 345 g/mol. The van der Waals surface area contributed by atoms with Crippen LogP contribution in [0.25, 0.3) is 0 Å². The van der Waals surface area contributed by atoms with E-state index in [-0.39, 0.29) is 12.4 Å². The average molecular weight is 346 g/mol. The first kappa shape index (κ1) is 17.7. The van der Waals surface area contributed by atoms with Gasteiger partial charge in [-0.3, -0.25) is 14.4 Å². The summed E-state index contributed by atoms with van der Waals surface area (Å²) in [7, 11) is 0. The van der Waals surface area contributed by atoms with Gasteiger partial charge in [0.2, 0.25) is 5.91 Å². The van der Waals surface area contributed by atoms with Crippen LogP contribution in [0.2, 0.25) is 5.02 Å². The molecule has 5 nitrogen and oxygen atoms in total. The van der Waals surface area contributed by atoms with Crippen LogP contribution in [0.5, 0.6) is 0 Å². The molecule has 1 N–H and O–H groups in total. The number of ketones is 1. The zero-order valence-corrected chi connectivity index (χ0v) is 13.8. The van der Waals surface area contributed by atoms with Crippen LogP contribution in [0.1, 0.15) is 29.3 Å². The van der Waals surface area contributed by atoms with Crippen molar-refractivity contribution in [1.29, 1.82) is 0 Å². The number of carbonyl (C=O) groups is 3. The van der Waals surface area contributed by atoms with Crippen LogP contribution in [0.4, 0.5) is 5.69 Å². The number of hydrogen-bond acceptors (Lipinski definition) is 4. The van der Waals surface area contributed by atoms with E-state index >= 15 is 0 Å². The highest BCUT2D eigenvalue weighted by Gasteiger charge is 2.16. The van der Waals surface area contributed by atoms with Gasteiger partial charge in [-0.05, 0) is 43.3 Å². The first-order chi connectivity index (χ1) is 11.5. The highest BCUT2D eigenvalue weighted by Crippen LogP contribution is 2.20. The Kier molecular flexibility index (Phi) is 6.09. The Morgan fingerprint density at radius 1 is 1.04 bits per heavy atom. The largest absolute Gasteiger partial charge is 0.466 e. The summed E-state index contributed by atoms with van der Waals surface area (Å²) in [5.74, 6) is -1.40. The number of benzene rings is 2. The zero-order valence-electron chi connectivity index (χ0n) is 13.0. The fraction of sp³-hybridized carbons (Fsp3) is 0.167. The lowest BCUT2D eigenvalue weighted by atomic mass is 10.0. The van der Waals surface area contributed by atoms with E-state index in [2.05, 4.69) is 5.32 Å². The number of halogens is 1. The van der Waals surface area contributed by atoms with Crippen molar-refractivity contribution in [3.63, 3.8) is 0 Å². The third-order valence-electron chi connectivity index (χ3n) is 3.16. The third kappa shape index (κ3) is 4.67. The van der Waals surface area contributed by atoms with Crippen LogP contribution in [-0.2, 0) is 14.3 Å². The number of hydrogen-bond donors (Lipinski definition) is 1. The summed E-state index contributed by atoms with van der Waals surface area (Å²) in [6.07, 6.45) is -0.405. The number of rotatable bonds is 6. The molecule has 0 spiro atoms. The minimum atomic E-state index is -0.614. The fourth-order valence-corrected chi connectivity index (χ4v) is 2.21. The number of para-hydroxylation sites is 1. The molecule has 2 rings (SSSR count). The molecule has 0 unspecified atom stereocenters. The molecule has 24 heavy (non-hydrogen) atoms. The van der Waals surface area contributed by atoms with Crippen LogP contribution >= 0.6 is 11.6 Å². The summed E-state index contributed by atoms with van der Waals surface area (Å²) in [6, 6.07) is 13.1. The van der Waals surface area contributed by atoms with Gasteiger partial charge in [0.1, 0.15) is 6.42 Å². The van der Waals surface area contributed by atoms with Gasteiger partial charge in [0.15, 0.2) is 5.78 Å². The summed E-state index contributed by atoms with van der Waals surface area (Å²) >= 11 is 5.82. The minimum Gasteiger partial charge on any atom is -0.466 e. The van der Waals surface area contributed by atoms with Crippen molar-refractivity contribution in [3.8, 4) is 0 Å². The number of anilines is 1. The molecule has 0 saturated carbocycles. The molecular formula is C18H16ClNO4. The predicted octanol–water partition coefficient (Wildman–Crippen LogP) is 3.46. The second-order valence-electron chi connectivity index (χ2n) is 4.91. The highest BCUT2D eigenvalue weighted by molar-refractivity contribution is 6.30. The Morgan fingerprint density at radius 3 is 2.38 bits per heavy atom. The molecule has 1 amide bonds. The molecule has 124 valence electrons. The van der Waals surface area contributed by atoms with E-state index in [9.17, 15) is 14.4 Å². The first-order valence-corrected chi connectivity index (χ1v) is 7.74. The van der Waals surface area contributed by atoms with Gasteiger partial charge in [-0.2, -0.15) is 0 Å². The van der Waals surface area contributed by atoms with Crippen LogP contribution in [-0.4, -0.2) is 24.3 Å². The standard InChI is InChI=1S/C18H16ClNO4/c1-2-24-17(22)11-16(21)20-15-6-4-3-5-14(15)18(23)12-7-9-13(19)10-8-12/h3-10H,2,11H2,1H3,(H,20,21). The summed E-state index contributed by atoms with van der Waals surface area (Å²) < 4.78 is 4.73. The van der Waals surface area contributed by atoms with Gasteiger partial charge in [-0.1, -0.05) is 23.7 Å². The van der Waals surface area contributed by atoms with Gasteiger partial charge in [0, 0.05) is 16.1 Å². The van der Waals surface area contributed by atoms with E-state index in [1.54, 1.807) is 55.5 Å². The van der Waals surface area contributed by atoms with Crippen molar-refractivity contribution in [3.05, 3.63) is 64.7 Å². The van der Waals surface area contributed by atoms with Gasteiger partial charge in [0.25, 0.3) is 0 Å². The Labute approximate surface area is 144 Å². The summed E-state index contributed by atoms with van der Waals surface area (Å²) in [6.45, 7) is 1.87. The molecule has 0 aliphatic rings. The van der Waals surface area contributed by atoms with Crippen molar-refractivity contribution in [2.45, 2.75) is 13.3 Å². The molecule has 0 atom stereocenters. The molecule has 0 aromatic heterocycles. The molecule has 0 aliphatic carbocycles. The maximum atomic E-state index is 12.6. The van der Waals surface area contributed by atoms with Crippen molar-refractivity contribution in [1.82, 2.24) is 0 Å². The van der Waals surface area contributed by atoms with Gasteiger partial charge in [-0.15, -0.1) is 0 Å². The Bertz CT molecular complexity index is 756. The van der Waals surface area contributed by atoms with Gasteiger partial charge >= 0.3 is 5.97 Å². The molecule has 0 bridgehead atoms. The van der Waals surface area contributed by atoms with Crippen molar-refractivity contribution in [2.75, 3.05) is 11.9 Å². The predicted molar refractivity (Wildman–Crippen MR) is 91.2 cm³/mol. The number of nitrogens with one attached hydrogen (secondary N) is 1. The Balaban J connectivity index is 2.18. The van der Waals surface area contributed by atoms with E-state index in [1.165, 1.54) is 0 Å². The average Bonchev–Trinajstić information content (AvgIpc) is 2.55. The zero-order chi connectivity index (χ0) is 17.5. The Morgan fingerprint density at radius 2 is 1.71 bits per heavy atom. The van der Waals surface area contributed by atoms with Gasteiger partial charge in [0.05, 0.1) is 12.3 Å². The fourth-order valence-electron chi connectivity index (χ4n) is 2.08. The third-order valence-corrected chi connectivity index (χ3v) is 3.41. The lowest BCUT2D eigenvalue weighted by Gasteiger charge is -2.10. The first-order valence-electron chi connectivity index (χ1n) is 7.36. The second kappa shape index (κ2) is 8.26. The molecule has 0 fully saturated rings. The molecule has 2 aromatic rings. The van der Waals surface area contributed by atoms with Crippen LogP contribution < -0.4 is 5.32 Å². The number of carbonyl (C=O) groups excluding carboxylic acids is 3. The smallest absolute Gasteiger partial charge is 0.315 e. The second-order valence-corrected chi connectivity index (χ2v) is 5.35. The van der Waals surface area contributed by atoms with Crippen LogP contribution in [0, 0.1) is 0 Å². The van der Waals surface area contributed by atoms with Crippen molar-refractivity contribution < 1.29 is 19.1 Å². The maximum absolute atomic E-state index is 12.6. The van der Waals surface area contributed by atoms with Gasteiger partial charge in [-0.25, -0.2) is 0 Å². The maximum Gasteiger partial charge on any atom is 0.315 e. The topological polar surface area (TPSA) is 72.5 Å². The molecule has 0 radical (unpaired) electrons. The van der Waals surface area contributed by atoms with E-state index in [0.717, 1.165) is 0 Å². The Hall–Kier alpha value is -2.66.